The van der Waals surface area contributed by atoms with Crippen molar-refractivity contribution in [2.75, 3.05) is 34.2 Å². The van der Waals surface area contributed by atoms with Crippen molar-refractivity contribution in [2.45, 2.75) is 24.9 Å². The van der Waals surface area contributed by atoms with Gasteiger partial charge in [-0.2, -0.15) is 0 Å². The standard InChI is InChI=1S/C16H25N3O/c1-17-14-10-7-11-19(12-14)15(16(20)18(2)3)13-8-5-4-6-9-13/h4-6,8-9,14-15,17H,7,10-12H2,1-3H3. The summed E-state index contributed by atoms with van der Waals surface area (Å²) < 4.78 is 0. The first-order valence-corrected chi connectivity index (χ1v) is 7.31. The van der Waals surface area contributed by atoms with Crippen molar-refractivity contribution < 1.29 is 4.79 Å². The topological polar surface area (TPSA) is 35.6 Å². The number of nitrogens with one attached hydrogen (secondary N) is 1. The van der Waals surface area contributed by atoms with E-state index in [2.05, 4.69) is 22.3 Å². The predicted molar refractivity (Wildman–Crippen MR) is 81.5 cm³/mol. The molecular formula is C16H25N3O. The normalized spacial score (nSPS) is 21.4. The molecule has 2 atom stereocenters. The van der Waals surface area contributed by atoms with Gasteiger partial charge in [0.25, 0.3) is 0 Å². The number of carbonyl (C=O) groups is 1. The van der Waals surface area contributed by atoms with Crippen LogP contribution in [0.25, 0.3) is 0 Å². The number of likely N-dealkylation sites (N-methyl/N-ethyl adjacent to an activating group) is 2. The van der Waals surface area contributed by atoms with Crippen LogP contribution in [0.15, 0.2) is 30.3 Å². The third kappa shape index (κ3) is 3.38. The molecule has 2 unspecified atom stereocenters. The lowest BCUT2D eigenvalue weighted by molar-refractivity contribution is -0.135. The molecule has 0 spiro atoms. The molecule has 2 rings (SSSR count). The highest BCUT2D eigenvalue weighted by Crippen LogP contribution is 2.26. The van der Waals surface area contributed by atoms with Gasteiger partial charge in [-0.05, 0) is 32.0 Å². The molecule has 0 aliphatic carbocycles. The summed E-state index contributed by atoms with van der Waals surface area (Å²) in [6, 6.07) is 10.4. The van der Waals surface area contributed by atoms with Crippen molar-refractivity contribution in [3.63, 3.8) is 0 Å². The van der Waals surface area contributed by atoms with Crippen molar-refractivity contribution in [1.82, 2.24) is 15.1 Å². The van der Waals surface area contributed by atoms with E-state index in [-0.39, 0.29) is 11.9 Å². The van der Waals surface area contributed by atoms with E-state index in [1.165, 1.54) is 6.42 Å². The Morgan fingerprint density at radius 1 is 1.35 bits per heavy atom. The molecule has 1 saturated heterocycles. The number of hydrogen-bond acceptors (Lipinski definition) is 3. The quantitative estimate of drug-likeness (QED) is 0.904. The van der Waals surface area contributed by atoms with Crippen LogP contribution < -0.4 is 5.32 Å². The van der Waals surface area contributed by atoms with Crippen LogP contribution in [0.3, 0.4) is 0 Å². The molecule has 4 nitrogen and oxygen atoms in total. The Labute approximate surface area is 121 Å². The van der Waals surface area contributed by atoms with Crippen LogP contribution in [0.5, 0.6) is 0 Å². The third-order valence-corrected chi connectivity index (χ3v) is 4.02. The highest BCUT2D eigenvalue weighted by Gasteiger charge is 2.32. The van der Waals surface area contributed by atoms with Crippen LogP contribution in [0.2, 0.25) is 0 Å². The van der Waals surface area contributed by atoms with Gasteiger partial charge in [0.05, 0.1) is 0 Å². The number of hydrogen-bond donors (Lipinski definition) is 1. The molecule has 20 heavy (non-hydrogen) atoms. The first kappa shape index (κ1) is 15.0. The van der Waals surface area contributed by atoms with E-state index >= 15 is 0 Å². The molecule has 110 valence electrons. The molecule has 0 saturated carbocycles. The Hall–Kier alpha value is -1.39. The summed E-state index contributed by atoms with van der Waals surface area (Å²) >= 11 is 0. The minimum atomic E-state index is -0.164. The highest BCUT2D eigenvalue weighted by atomic mass is 16.2. The summed E-state index contributed by atoms with van der Waals surface area (Å²) in [6.45, 7) is 1.91. The molecule has 1 aliphatic heterocycles. The summed E-state index contributed by atoms with van der Waals surface area (Å²) in [5.74, 6) is 0.160. The van der Waals surface area contributed by atoms with Gasteiger partial charge in [-0.15, -0.1) is 0 Å². The van der Waals surface area contributed by atoms with Gasteiger partial charge < -0.3 is 10.2 Å². The number of piperidine rings is 1. The van der Waals surface area contributed by atoms with Crippen molar-refractivity contribution in [1.29, 1.82) is 0 Å². The van der Waals surface area contributed by atoms with Crippen molar-refractivity contribution in [2.24, 2.45) is 0 Å². The zero-order valence-corrected chi connectivity index (χ0v) is 12.7. The summed E-state index contributed by atoms with van der Waals surface area (Å²) in [4.78, 5) is 16.6. The minimum absolute atomic E-state index is 0.160. The molecule has 1 aliphatic rings. The monoisotopic (exact) mass is 275 g/mol. The SMILES string of the molecule is CNC1CCCN(C(C(=O)N(C)C)c2ccccc2)C1. The van der Waals surface area contributed by atoms with E-state index in [1.54, 1.807) is 4.90 Å². The van der Waals surface area contributed by atoms with Crippen LogP contribution in [0.4, 0.5) is 0 Å². The summed E-state index contributed by atoms with van der Waals surface area (Å²) in [5.41, 5.74) is 1.09. The Bertz CT molecular complexity index is 433. The lowest BCUT2D eigenvalue weighted by Crippen LogP contribution is -2.49. The van der Waals surface area contributed by atoms with Crippen molar-refractivity contribution in [3.05, 3.63) is 35.9 Å². The molecular weight excluding hydrogens is 250 g/mol. The number of nitrogens with zero attached hydrogens (tertiary/aromatic N) is 2. The molecule has 4 heteroatoms. The maximum absolute atomic E-state index is 12.6. The second-order valence-electron chi connectivity index (χ2n) is 5.67. The van der Waals surface area contributed by atoms with E-state index in [9.17, 15) is 4.79 Å². The molecule has 0 aromatic heterocycles. The van der Waals surface area contributed by atoms with Gasteiger partial charge in [0.2, 0.25) is 5.91 Å². The van der Waals surface area contributed by atoms with Crippen LogP contribution >= 0.6 is 0 Å². The van der Waals surface area contributed by atoms with Gasteiger partial charge in [0, 0.05) is 26.7 Å². The fraction of sp³-hybridized carbons (Fsp3) is 0.562. The zero-order chi connectivity index (χ0) is 14.5. The number of rotatable bonds is 4. The van der Waals surface area contributed by atoms with E-state index in [0.717, 1.165) is 25.1 Å². The van der Waals surface area contributed by atoms with E-state index in [4.69, 9.17) is 0 Å². The molecule has 1 amide bonds. The second kappa shape index (κ2) is 6.86. The third-order valence-electron chi connectivity index (χ3n) is 4.02. The molecule has 0 bridgehead atoms. The Balaban J connectivity index is 2.25. The molecule has 1 N–H and O–H groups in total. The van der Waals surface area contributed by atoms with Crippen LogP contribution in [-0.4, -0.2) is 56.0 Å². The van der Waals surface area contributed by atoms with E-state index < -0.39 is 0 Å². The average Bonchev–Trinajstić information content (AvgIpc) is 2.48. The van der Waals surface area contributed by atoms with E-state index in [1.807, 2.05) is 39.3 Å². The highest BCUT2D eigenvalue weighted by molar-refractivity contribution is 5.82. The maximum Gasteiger partial charge on any atom is 0.244 e. The summed E-state index contributed by atoms with van der Waals surface area (Å²) in [6.07, 6.45) is 2.32. The van der Waals surface area contributed by atoms with Crippen LogP contribution in [-0.2, 0) is 4.79 Å². The van der Waals surface area contributed by atoms with Crippen molar-refractivity contribution in [3.8, 4) is 0 Å². The first-order valence-electron chi connectivity index (χ1n) is 7.31. The largest absolute Gasteiger partial charge is 0.347 e. The summed E-state index contributed by atoms with van der Waals surface area (Å²) in [7, 11) is 5.66. The van der Waals surface area contributed by atoms with Gasteiger partial charge in [0.15, 0.2) is 0 Å². The number of likely N-dealkylation sites (tertiary alicyclic amines) is 1. The maximum atomic E-state index is 12.6. The Kier molecular flexibility index (Phi) is 5.15. The Morgan fingerprint density at radius 2 is 2.05 bits per heavy atom. The van der Waals surface area contributed by atoms with E-state index in [0.29, 0.717) is 6.04 Å². The molecule has 1 heterocycles. The van der Waals surface area contributed by atoms with Gasteiger partial charge in [-0.25, -0.2) is 0 Å². The lowest BCUT2D eigenvalue weighted by atomic mass is 9.98. The van der Waals surface area contributed by atoms with Gasteiger partial charge in [0.1, 0.15) is 6.04 Å². The van der Waals surface area contributed by atoms with Crippen LogP contribution in [0.1, 0.15) is 24.4 Å². The fourth-order valence-electron chi connectivity index (χ4n) is 2.87. The Morgan fingerprint density at radius 3 is 2.65 bits per heavy atom. The minimum Gasteiger partial charge on any atom is -0.347 e. The smallest absolute Gasteiger partial charge is 0.244 e. The number of amides is 1. The first-order chi connectivity index (χ1) is 9.63. The van der Waals surface area contributed by atoms with Gasteiger partial charge in [-0.3, -0.25) is 9.69 Å². The lowest BCUT2D eigenvalue weighted by Gasteiger charge is -2.38. The molecule has 0 radical (unpaired) electrons. The van der Waals surface area contributed by atoms with Crippen molar-refractivity contribution >= 4 is 5.91 Å². The van der Waals surface area contributed by atoms with Gasteiger partial charge >= 0.3 is 0 Å². The zero-order valence-electron chi connectivity index (χ0n) is 12.7. The fourth-order valence-corrected chi connectivity index (χ4v) is 2.87. The molecule has 1 fully saturated rings. The number of carbonyl (C=O) groups excluding carboxylic acids is 1. The predicted octanol–water partition coefficient (Wildman–Crippen LogP) is 1.50. The summed E-state index contributed by atoms with van der Waals surface area (Å²) in [5, 5.41) is 3.34. The molecule has 1 aromatic rings. The number of benzene rings is 1. The van der Waals surface area contributed by atoms with Gasteiger partial charge in [-0.1, -0.05) is 30.3 Å². The average molecular weight is 275 g/mol. The van der Waals surface area contributed by atoms with Crippen LogP contribution in [0, 0.1) is 0 Å². The molecule has 1 aromatic carbocycles. The second-order valence-corrected chi connectivity index (χ2v) is 5.67.